The maximum atomic E-state index is 9.55. The third-order valence-electron chi connectivity index (χ3n) is 2.19. The summed E-state index contributed by atoms with van der Waals surface area (Å²) in [6, 6.07) is 1.60. The Labute approximate surface area is 91.9 Å². The minimum absolute atomic E-state index is 0.00256. The molecule has 6 nitrogen and oxygen atoms in total. The molecule has 2 aromatic rings. The van der Waals surface area contributed by atoms with Crippen LogP contribution in [0.3, 0.4) is 0 Å². The first-order valence-corrected chi connectivity index (χ1v) is 4.72. The van der Waals surface area contributed by atoms with E-state index in [2.05, 4.69) is 15.1 Å². The molecule has 0 aliphatic carbocycles. The summed E-state index contributed by atoms with van der Waals surface area (Å²) >= 11 is 0. The third-order valence-corrected chi connectivity index (χ3v) is 2.19. The van der Waals surface area contributed by atoms with Crippen LogP contribution < -0.4 is 0 Å². The van der Waals surface area contributed by atoms with Crippen LogP contribution >= 0.6 is 0 Å². The molecular weight excluding hydrogens is 210 g/mol. The molecule has 0 amide bonds. The molecular formula is C10H11N3O3. The zero-order valence-corrected chi connectivity index (χ0v) is 8.91. The number of ether oxygens (including phenoxy) is 1. The van der Waals surface area contributed by atoms with Crippen molar-refractivity contribution in [1.82, 2.24) is 15.1 Å². The van der Waals surface area contributed by atoms with Crippen molar-refractivity contribution in [3.05, 3.63) is 24.3 Å². The number of hydrogen-bond acceptors (Lipinski definition) is 6. The van der Waals surface area contributed by atoms with Crippen LogP contribution in [0, 0.1) is 0 Å². The highest BCUT2D eigenvalue weighted by Crippen LogP contribution is 2.27. The second-order valence-electron chi connectivity index (χ2n) is 3.23. The van der Waals surface area contributed by atoms with Gasteiger partial charge in [-0.2, -0.15) is 4.98 Å². The van der Waals surface area contributed by atoms with E-state index >= 15 is 0 Å². The van der Waals surface area contributed by atoms with Crippen LogP contribution in [-0.4, -0.2) is 27.3 Å². The van der Waals surface area contributed by atoms with Crippen molar-refractivity contribution >= 4 is 0 Å². The van der Waals surface area contributed by atoms with Gasteiger partial charge in [0, 0.05) is 13.3 Å². The lowest BCUT2D eigenvalue weighted by Crippen LogP contribution is -1.97. The number of aromatic nitrogens is 3. The normalized spacial score (nSPS) is 12.6. The monoisotopic (exact) mass is 221 g/mol. The zero-order valence-electron chi connectivity index (χ0n) is 8.91. The largest absolute Gasteiger partial charge is 0.505 e. The van der Waals surface area contributed by atoms with Gasteiger partial charge >= 0.3 is 0 Å². The van der Waals surface area contributed by atoms with Crippen LogP contribution in [0.1, 0.15) is 18.9 Å². The SMILES string of the molecule is COC(C)c1noc(-c2ccncc2O)n1. The molecule has 0 radical (unpaired) electrons. The Morgan fingerprint density at radius 2 is 2.31 bits per heavy atom. The van der Waals surface area contributed by atoms with Gasteiger partial charge in [0.2, 0.25) is 5.82 Å². The number of pyridine rings is 1. The van der Waals surface area contributed by atoms with Crippen molar-refractivity contribution in [2.75, 3.05) is 7.11 Å². The standard InChI is InChI=1S/C10H11N3O3/c1-6(15-2)9-12-10(16-13-9)7-3-4-11-5-8(7)14/h3-6,14H,1-2H3. The molecule has 6 heteroatoms. The predicted molar refractivity (Wildman–Crippen MR) is 54.6 cm³/mol. The third kappa shape index (κ3) is 1.87. The van der Waals surface area contributed by atoms with Crippen LogP contribution in [0.4, 0.5) is 0 Å². The van der Waals surface area contributed by atoms with E-state index in [9.17, 15) is 5.11 Å². The molecule has 2 aromatic heterocycles. The summed E-state index contributed by atoms with van der Waals surface area (Å²) in [4.78, 5) is 7.89. The van der Waals surface area contributed by atoms with Crippen molar-refractivity contribution in [3.8, 4) is 17.2 Å². The lowest BCUT2D eigenvalue weighted by molar-refractivity contribution is 0.109. The summed E-state index contributed by atoms with van der Waals surface area (Å²) in [5, 5.41) is 13.3. The van der Waals surface area contributed by atoms with Gasteiger partial charge in [0.15, 0.2) is 0 Å². The number of nitrogens with zero attached hydrogens (tertiary/aromatic N) is 3. The van der Waals surface area contributed by atoms with Gasteiger partial charge in [0.05, 0.1) is 11.8 Å². The Morgan fingerprint density at radius 3 is 3.00 bits per heavy atom. The van der Waals surface area contributed by atoms with E-state index in [1.165, 1.54) is 6.20 Å². The molecule has 1 N–H and O–H groups in total. The van der Waals surface area contributed by atoms with Crippen LogP contribution in [0.2, 0.25) is 0 Å². The van der Waals surface area contributed by atoms with Crippen LogP contribution in [0.15, 0.2) is 23.0 Å². The Balaban J connectivity index is 2.35. The lowest BCUT2D eigenvalue weighted by Gasteiger charge is -2.01. The molecule has 0 spiro atoms. The first-order chi connectivity index (χ1) is 7.72. The second-order valence-corrected chi connectivity index (χ2v) is 3.23. The van der Waals surface area contributed by atoms with E-state index in [4.69, 9.17) is 9.26 Å². The highest BCUT2D eigenvalue weighted by molar-refractivity contribution is 5.60. The van der Waals surface area contributed by atoms with Crippen molar-refractivity contribution in [2.24, 2.45) is 0 Å². The van der Waals surface area contributed by atoms with Crippen LogP contribution in [-0.2, 0) is 4.74 Å². The summed E-state index contributed by atoms with van der Waals surface area (Å²) < 4.78 is 10.1. The molecule has 2 heterocycles. The second kappa shape index (κ2) is 4.28. The number of hydrogen-bond donors (Lipinski definition) is 1. The van der Waals surface area contributed by atoms with Gasteiger partial charge in [-0.15, -0.1) is 0 Å². The van der Waals surface area contributed by atoms with Gasteiger partial charge in [0.25, 0.3) is 5.89 Å². The first-order valence-electron chi connectivity index (χ1n) is 4.72. The fourth-order valence-electron chi connectivity index (χ4n) is 1.18. The summed E-state index contributed by atoms with van der Waals surface area (Å²) in [6.45, 7) is 1.81. The van der Waals surface area contributed by atoms with E-state index in [1.54, 1.807) is 26.3 Å². The van der Waals surface area contributed by atoms with E-state index < -0.39 is 0 Å². The maximum absolute atomic E-state index is 9.55. The van der Waals surface area contributed by atoms with Gasteiger partial charge < -0.3 is 14.4 Å². The van der Waals surface area contributed by atoms with Gasteiger partial charge in [-0.1, -0.05) is 5.16 Å². The van der Waals surface area contributed by atoms with Gasteiger partial charge in [-0.25, -0.2) is 0 Å². The predicted octanol–water partition coefficient (Wildman–Crippen LogP) is 1.54. The minimum Gasteiger partial charge on any atom is -0.505 e. The van der Waals surface area contributed by atoms with Crippen LogP contribution in [0.5, 0.6) is 5.75 Å². The summed E-state index contributed by atoms with van der Waals surface area (Å²) in [6.07, 6.45) is 2.61. The highest BCUT2D eigenvalue weighted by Gasteiger charge is 2.16. The van der Waals surface area contributed by atoms with Gasteiger partial charge in [-0.3, -0.25) is 4.98 Å². The first kappa shape index (κ1) is 10.6. The molecule has 0 saturated heterocycles. The molecule has 84 valence electrons. The molecule has 0 aromatic carbocycles. The van der Waals surface area contributed by atoms with E-state index in [1.807, 2.05) is 0 Å². The topological polar surface area (TPSA) is 81.3 Å². The Bertz CT molecular complexity index is 484. The maximum Gasteiger partial charge on any atom is 0.261 e. The molecule has 0 fully saturated rings. The Hall–Kier alpha value is -1.95. The van der Waals surface area contributed by atoms with Gasteiger partial charge in [-0.05, 0) is 13.0 Å². The fraction of sp³-hybridized carbons (Fsp3) is 0.300. The van der Waals surface area contributed by atoms with Crippen molar-refractivity contribution in [2.45, 2.75) is 13.0 Å². The molecule has 0 bridgehead atoms. The molecule has 0 aliphatic heterocycles. The van der Waals surface area contributed by atoms with E-state index in [0.717, 1.165) is 0 Å². The average Bonchev–Trinajstić information content (AvgIpc) is 2.78. The molecule has 2 rings (SSSR count). The molecule has 1 atom stereocenters. The van der Waals surface area contributed by atoms with Crippen molar-refractivity contribution < 1.29 is 14.4 Å². The molecule has 0 saturated carbocycles. The summed E-state index contributed by atoms with van der Waals surface area (Å²) in [5.41, 5.74) is 0.456. The van der Waals surface area contributed by atoms with Crippen molar-refractivity contribution in [3.63, 3.8) is 0 Å². The molecule has 1 unspecified atom stereocenters. The smallest absolute Gasteiger partial charge is 0.261 e. The average molecular weight is 221 g/mol. The van der Waals surface area contributed by atoms with Gasteiger partial charge in [0.1, 0.15) is 11.9 Å². The Kier molecular flexibility index (Phi) is 2.82. The minimum atomic E-state index is -0.249. The lowest BCUT2D eigenvalue weighted by atomic mass is 10.2. The highest BCUT2D eigenvalue weighted by atomic mass is 16.5. The summed E-state index contributed by atoms with van der Waals surface area (Å²) in [5.74, 6) is 0.690. The molecule has 0 aliphatic rings. The van der Waals surface area contributed by atoms with Crippen molar-refractivity contribution in [1.29, 1.82) is 0 Å². The number of aromatic hydroxyl groups is 1. The molecule has 16 heavy (non-hydrogen) atoms. The van der Waals surface area contributed by atoms with E-state index in [0.29, 0.717) is 11.4 Å². The Morgan fingerprint density at radius 1 is 1.50 bits per heavy atom. The van der Waals surface area contributed by atoms with E-state index in [-0.39, 0.29) is 17.7 Å². The quantitative estimate of drug-likeness (QED) is 0.846. The summed E-state index contributed by atoms with van der Waals surface area (Å²) in [7, 11) is 1.56. The number of rotatable bonds is 3. The zero-order chi connectivity index (χ0) is 11.5. The number of methoxy groups -OCH3 is 1. The fourth-order valence-corrected chi connectivity index (χ4v) is 1.18. The van der Waals surface area contributed by atoms with Crippen LogP contribution in [0.25, 0.3) is 11.5 Å².